The van der Waals surface area contributed by atoms with Gasteiger partial charge in [0.1, 0.15) is 0 Å². The molecule has 2 rings (SSSR count). The average Bonchev–Trinajstić information content (AvgIpc) is 2.90. The van der Waals surface area contributed by atoms with Crippen molar-refractivity contribution in [2.45, 2.75) is 11.3 Å². The zero-order chi connectivity index (χ0) is 15.4. The Labute approximate surface area is 130 Å². The predicted octanol–water partition coefficient (Wildman–Crippen LogP) is 1.89. The second kappa shape index (κ2) is 7.04. The van der Waals surface area contributed by atoms with Gasteiger partial charge in [0.2, 0.25) is 0 Å². The number of nitrogens with two attached hydrogens (primary N) is 1. The maximum atomic E-state index is 9.06. The maximum absolute atomic E-state index is 9.06. The van der Waals surface area contributed by atoms with Crippen LogP contribution in [0.2, 0.25) is 0 Å². The summed E-state index contributed by atoms with van der Waals surface area (Å²) < 4.78 is 0. The third-order valence-corrected chi connectivity index (χ3v) is 4.80. The highest BCUT2D eigenvalue weighted by molar-refractivity contribution is 7.98. The number of benzene rings is 1. The molecule has 1 aromatic rings. The quantitative estimate of drug-likeness (QED) is 0.286. The van der Waals surface area contributed by atoms with E-state index in [4.69, 9.17) is 10.9 Å². The second-order valence-corrected chi connectivity index (χ2v) is 6.49. The van der Waals surface area contributed by atoms with Crippen molar-refractivity contribution >= 4 is 23.3 Å². The highest BCUT2D eigenvalue weighted by Gasteiger charge is 2.23. The zero-order valence-corrected chi connectivity index (χ0v) is 13.7. The number of oxime groups is 1. The third-order valence-electron chi connectivity index (χ3n) is 4.02. The van der Waals surface area contributed by atoms with E-state index in [9.17, 15) is 0 Å². The minimum absolute atomic E-state index is 0.172. The van der Waals surface area contributed by atoms with Gasteiger partial charge in [0.05, 0.1) is 5.56 Å². The normalized spacial score (nSPS) is 20.0. The van der Waals surface area contributed by atoms with Gasteiger partial charge in [0, 0.05) is 30.7 Å². The molecule has 1 aliphatic heterocycles. The van der Waals surface area contributed by atoms with E-state index in [-0.39, 0.29) is 5.84 Å². The molecule has 21 heavy (non-hydrogen) atoms. The lowest BCUT2D eigenvalue weighted by atomic mass is 10.1. The van der Waals surface area contributed by atoms with E-state index in [0.29, 0.717) is 5.92 Å². The van der Waals surface area contributed by atoms with Crippen LogP contribution in [0.5, 0.6) is 0 Å². The van der Waals surface area contributed by atoms with Crippen LogP contribution in [0.25, 0.3) is 0 Å². The number of hydrogen-bond acceptors (Lipinski definition) is 5. The molecule has 1 aliphatic rings. The summed E-state index contributed by atoms with van der Waals surface area (Å²) in [7, 11) is 4.24. The van der Waals surface area contributed by atoms with Crippen LogP contribution in [0.4, 0.5) is 5.69 Å². The number of anilines is 1. The zero-order valence-electron chi connectivity index (χ0n) is 12.9. The molecule has 1 aromatic carbocycles. The summed E-state index contributed by atoms with van der Waals surface area (Å²) in [5.41, 5.74) is 7.73. The maximum Gasteiger partial charge on any atom is 0.173 e. The van der Waals surface area contributed by atoms with Crippen molar-refractivity contribution in [3.63, 3.8) is 0 Å². The van der Waals surface area contributed by atoms with Crippen LogP contribution in [0.1, 0.15) is 12.0 Å². The first-order valence-corrected chi connectivity index (χ1v) is 8.33. The van der Waals surface area contributed by atoms with Crippen molar-refractivity contribution in [1.82, 2.24) is 4.90 Å². The first-order valence-electron chi connectivity index (χ1n) is 7.11. The van der Waals surface area contributed by atoms with E-state index < -0.39 is 0 Å². The van der Waals surface area contributed by atoms with Crippen LogP contribution in [-0.4, -0.2) is 55.9 Å². The first-order chi connectivity index (χ1) is 10.1. The summed E-state index contributed by atoms with van der Waals surface area (Å²) >= 11 is 1.61. The summed E-state index contributed by atoms with van der Waals surface area (Å²) in [6.07, 6.45) is 3.22. The van der Waals surface area contributed by atoms with Crippen molar-refractivity contribution < 1.29 is 5.21 Å². The van der Waals surface area contributed by atoms with Gasteiger partial charge in [0.15, 0.2) is 5.84 Å². The molecule has 116 valence electrons. The van der Waals surface area contributed by atoms with E-state index in [2.05, 4.69) is 29.1 Å². The fourth-order valence-electron chi connectivity index (χ4n) is 2.98. The number of rotatable bonds is 5. The van der Waals surface area contributed by atoms with Gasteiger partial charge < -0.3 is 20.7 Å². The summed E-state index contributed by atoms with van der Waals surface area (Å²) in [5, 5.41) is 12.3. The Morgan fingerprint density at radius 2 is 2.33 bits per heavy atom. The van der Waals surface area contributed by atoms with Crippen LogP contribution < -0.4 is 10.6 Å². The fraction of sp³-hybridized carbons (Fsp3) is 0.533. The number of thioether (sulfide) groups is 1. The molecule has 1 unspecified atom stereocenters. The minimum atomic E-state index is 0.172. The molecule has 0 aromatic heterocycles. The van der Waals surface area contributed by atoms with Crippen LogP contribution >= 0.6 is 11.8 Å². The van der Waals surface area contributed by atoms with Gasteiger partial charge in [-0.05, 0) is 44.3 Å². The van der Waals surface area contributed by atoms with Crippen molar-refractivity contribution in [2.75, 3.05) is 44.9 Å². The van der Waals surface area contributed by atoms with Gasteiger partial charge in [-0.3, -0.25) is 0 Å². The van der Waals surface area contributed by atoms with Crippen molar-refractivity contribution in [1.29, 1.82) is 0 Å². The first kappa shape index (κ1) is 16.0. The highest BCUT2D eigenvalue weighted by atomic mass is 32.2. The van der Waals surface area contributed by atoms with Crippen molar-refractivity contribution in [2.24, 2.45) is 16.8 Å². The Balaban J connectivity index is 2.25. The van der Waals surface area contributed by atoms with Gasteiger partial charge in [-0.15, -0.1) is 11.8 Å². The molecule has 0 saturated carbocycles. The predicted molar refractivity (Wildman–Crippen MR) is 89.6 cm³/mol. The van der Waals surface area contributed by atoms with Crippen molar-refractivity contribution in [3.8, 4) is 0 Å². The second-order valence-electron chi connectivity index (χ2n) is 5.64. The lowest BCUT2D eigenvalue weighted by Crippen LogP contribution is -2.29. The molecule has 1 fully saturated rings. The summed E-state index contributed by atoms with van der Waals surface area (Å²) in [6.45, 7) is 3.27. The van der Waals surface area contributed by atoms with Crippen LogP contribution in [-0.2, 0) is 0 Å². The Bertz CT molecular complexity index is 520. The van der Waals surface area contributed by atoms with Gasteiger partial charge in [-0.2, -0.15) is 0 Å². The molecule has 0 bridgehead atoms. The minimum Gasteiger partial charge on any atom is -0.409 e. The van der Waals surface area contributed by atoms with E-state index in [1.807, 2.05) is 24.5 Å². The Hall–Kier alpha value is -1.40. The smallest absolute Gasteiger partial charge is 0.173 e. The summed E-state index contributed by atoms with van der Waals surface area (Å²) in [5.74, 6) is 0.836. The van der Waals surface area contributed by atoms with Gasteiger partial charge in [-0.25, -0.2) is 0 Å². The van der Waals surface area contributed by atoms with Crippen LogP contribution in [0.3, 0.4) is 0 Å². The molecule has 3 N–H and O–H groups in total. The molecule has 1 heterocycles. The molecule has 0 radical (unpaired) electrons. The van der Waals surface area contributed by atoms with Crippen LogP contribution in [0.15, 0.2) is 28.3 Å². The fourth-order valence-corrected chi connectivity index (χ4v) is 3.60. The Morgan fingerprint density at radius 1 is 1.57 bits per heavy atom. The molecule has 0 amide bonds. The molecule has 0 aliphatic carbocycles. The molecule has 1 saturated heterocycles. The van der Waals surface area contributed by atoms with Crippen molar-refractivity contribution in [3.05, 3.63) is 23.8 Å². The third kappa shape index (κ3) is 3.63. The average molecular weight is 308 g/mol. The number of amidine groups is 1. The van der Waals surface area contributed by atoms with E-state index in [1.165, 1.54) is 6.42 Å². The van der Waals surface area contributed by atoms with E-state index >= 15 is 0 Å². The SMILES string of the molecule is CSc1cccc(N(C)CC2CCN(C)C2)c1/C(N)=N/O. The molecule has 5 nitrogen and oxygen atoms in total. The lowest BCUT2D eigenvalue weighted by molar-refractivity contribution is 0.318. The molecular weight excluding hydrogens is 284 g/mol. The van der Waals surface area contributed by atoms with Gasteiger partial charge in [0.25, 0.3) is 0 Å². The van der Waals surface area contributed by atoms with E-state index in [0.717, 1.165) is 35.8 Å². The Kier molecular flexibility index (Phi) is 5.36. The number of hydrogen-bond donors (Lipinski definition) is 2. The molecule has 6 heteroatoms. The number of likely N-dealkylation sites (tertiary alicyclic amines) is 1. The number of nitrogens with zero attached hydrogens (tertiary/aromatic N) is 3. The largest absolute Gasteiger partial charge is 0.409 e. The summed E-state index contributed by atoms with van der Waals surface area (Å²) in [6, 6.07) is 6.05. The lowest BCUT2D eigenvalue weighted by Gasteiger charge is -2.26. The summed E-state index contributed by atoms with van der Waals surface area (Å²) in [4.78, 5) is 5.61. The topological polar surface area (TPSA) is 65.1 Å². The van der Waals surface area contributed by atoms with Crippen LogP contribution in [0, 0.1) is 5.92 Å². The molecular formula is C15H24N4OS. The van der Waals surface area contributed by atoms with Gasteiger partial charge in [-0.1, -0.05) is 11.2 Å². The molecule has 1 atom stereocenters. The van der Waals surface area contributed by atoms with E-state index in [1.54, 1.807) is 11.8 Å². The molecule has 0 spiro atoms. The highest BCUT2D eigenvalue weighted by Crippen LogP contribution is 2.30. The monoisotopic (exact) mass is 308 g/mol. The Morgan fingerprint density at radius 3 is 2.90 bits per heavy atom. The standard InChI is InChI=1S/C15H24N4OS/c1-18-8-7-11(9-18)10-19(2)12-5-4-6-13(21-3)14(12)15(16)17-20/h4-6,11,20H,7-10H2,1-3H3,(H2,16,17). The van der Waals surface area contributed by atoms with Gasteiger partial charge >= 0.3 is 0 Å².